The average Bonchev–Trinajstić information content (AvgIpc) is 2.88. The Balaban J connectivity index is 1.50. The molecule has 2 aromatic heterocycles. The third-order valence-corrected chi connectivity index (χ3v) is 6.82. The first kappa shape index (κ1) is 23.1. The van der Waals surface area contributed by atoms with Gasteiger partial charge in [-0.25, -0.2) is 9.97 Å². The highest BCUT2D eigenvalue weighted by Gasteiger charge is 2.36. The first-order valence-corrected chi connectivity index (χ1v) is 11.7. The monoisotopic (exact) mass is 491 g/mol. The molecule has 4 aromatic rings. The van der Waals surface area contributed by atoms with Gasteiger partial charge < -0.3 is 25.2 Å². The van der Waals surface area contributed by atoms with Crippen LogP contribution >= 0.6 is 11.6 Å². The van der Waals surface area contributed by atoms with E-state index in [4.69, 9.17) is 31.8 Å². The predicted octanol–water partition coefficient (Wildman–Crippen LogP) is 4.43. The number of fused-ring (bicyclic) bond motifs is 1. The van der Waals surface area contributed by atoms with Gasteiger partial charge in [-0.05, 0) is 49.2 Å². The molecule has 5 rings (SSSR count). The molecule has 1 aliphatic rings. The highest BCUT2D eigenvalue weighted by atomic mass is 35.5. The number of hydrogen-bond donors (Lipinski definition) is 2. The molecular formula is C26H26ClN5O3. The van der Waals surface area contributed by atoms with Crippen LogP contribution in [0.4, 0.5) is 11.8 Å². The minimum atomic E-state index is -0.999. The molecule has 3 heterocycles. The van der Waals surface area contributed by atoms with Crippen LogP contribution in [0.1, 0.15) is 18.4 Å². The lowest BCUT2D eigenvalue weighted by Crippen LogP contribution is -2.43. The zero-order chi connectivity index (χ0) is 24.6. The molecule has 3 N–H and O–H groups in total. The van der Waals surface area contributed by atoms with Gasteiger partial charge in [0.25, 0.3) is 0 Å². The lowest BCUT2D eigenvalue weighted by Gasteiger charge is -2.39. The fourth-order valence-electron chi connectivity index (χ4n) is 4.59. The van der Waals surface area contributed by atoms with E-state index in [0.29, 0.717) is 59.3 Å². The molecule has 0 radical (unpaired) electrons. The third-order valence-electron chi connectivity index (χ3n) is 6.49. The van der Waals surface area contributed by atoms with Crippen LogP contribution in [0.25, 0.3) is 22.3 Å². The van der Waals surface area contributed by atoms with E-state index in [0.717, 1.165) is 16.8 Å². The molecule has 0 spiro atoms. The second-order valence-electron chi connectivity index (χ2n) is 8.54. The van der Waals surface area contributed by atoms with Gasteiger partial charge in [0.15, 0.2) is 17.3 Å². The fraction of sp³-hybridized carbons (Fsp3) is 0.269. The van der Waals surface area contributed by atoms with Crippen LogP contribution < -0.4 is 20.1 Å². The summed E-state index contributed by atoms with van der Waals surface area (Å²) in [7, 11) is 3.20. The maximum atomic E-state index is 11.3. The van der Waals surface area contributed by atoms with Crippen molar-refractivity contribution in [2.24, 2.45) is 0 Å². The summed E-state index contributed by atoms with van der Waals surface area (Å²) in [6.45, 7) is 1.13. The SMILES string of the molecule is COc1ccc(-c2ccc3nc(N)nc(N4CCC(O)(c5ccccc5Cl)CC4)c3n2)cc1OC. The number of pyridine rings is 1. The van der Waals surface area contributed by atoms with E-state index in [2.05, 4.69) is 14.9 Å². The van der Waals surface area contributed by atoms with Crippen molar-refractivity contribution >= 4 is 34.4 Å². The zero-order valence-electron chi connectivity index (χ0n) is 19.5. The Labute approximate surface area is 208 Å². The summed E-state index contributed by atoms with van der Waals surface area (Å²) in [6.07, 6.45) is 0.995. The number of aliphatic hydroxyl groups is 1. The Morgan fingerprint density at radius 1 is 0.943 bits per heavy atom. The smallest absolute Gasteiger partial charge is 0.222 e. The molecule has 0 bridgehead atoms. The molecule has 1 fully saturated rings. The van der Waals surface area contributed by atoms with Gasteiger partial charge in [-0.3, -0.25) is 0 Å². The maximum absolute atomic E-state index is 11.3. The number of anilines is 2. The number of nitrogens with two attached hydrogens (primary N) is 1. The van der Waals surface area contributed by atoms with Gasteiger partial charge in [-0.1, -0.05) is 29.8 Å². The summed E-state index contributed by atoms with van der Waals surface area (Å²) in [5, 5.41) is 11.9. The van der Waals surface area contributed by atoms with Crippen molar-refractivity contribution in [3.8, 4) is 22.8 Å². The van der Waals surface area contributed by atoms with Crippen LogP contribution in [0.3, 0.4) is 0 Å². The Hall–Kier alpha value is -3.62. The largest absolute Gasteiger partial charge is 0.493 e. The first-order chi connectivity index (χ1) is 16.9. The minimum Gasteiger partial charge on any atom is -0.493 e. The standard InChI is InChI=1S/C26H26ClN5O3/c1-34-21-10-7-16(15-22(21)35-2)19-8-9-20-23(29-19)24(31-25(28)30-20)32-13-11-26(33,12-14-32)17-5-3-4-6-18(17)27/h3-10,15,33H,11-14H2,1-2H3,(H2,28,30,31). The highest BCUT2D eigenvalue weighted by Crippen LogP contribution is 2.39. The third kappa shape index (κ3) is 4.31. The summed E-state index contributed by atoms with van der Waals surface area (Å²) in [4.78, 5) is 15.9. The number of halogens is 1. The van der Waals surface area contributed by atoms with Crippen molar-refractivity contribution in [2.45, 2.75) is 18.4 Å². The second kappa shape index (κ2) is 9.20. The maximum Gasteiger partial charge on any atom is 0.222 e. The Morgan fingerprint density at radius 3 is 2.40 bits per heavy atom. The van der Waals surface area contributed by atoms with Crippen LogP contribution in [0, 0.1) is 0 Å². The summed E-state index contributed by atoms with van der Waals surface area (Å²) in [5.41, 5.74) is 8.72. The molecular weight excluding hydrogens is 466 g/mol. The molecule has 0 amide bonds. The molecule has 2 aromatic carbocycles. The number of ether oxygens (including phenoxy) is 2. The van der Waals surface area contributed by atoms with Gasteiger partial charge >= 0.3 is 0 Å². The van der Waals surface area contributed by atoms with Crippen LogP contribution in [0.2, 0.25) is 5.02 Å². The van der Waals surface area contributed by atoms with E-state index in [9.17, 15) is 5.11 Å². The molecule has 1 aliphatic heterocycles. The van der Waals surface area contributed by atoms with Crippen LogP contribution in [0.5, 0.6) is 11.5 Å². The van der Waals surface area contributed by atoms with Crippen LogP contribution in [0.15, 0.2) is 54.6 Å². The molecule has 0 saturated carbocycles. The van der Waals surface area contributed by atoms with E-state index < -0.39 is 5.60 Å². The fourth-order valence-corrected chi connectivity index (χ4v) is 4.90. The topological polar surface area (TPSA) is 107 Å². The van der Waals surface area contributed by atoms with Gasteiger partial charge in [0.2, 0.25) is 5.95 Å². The van der Waals surface area contributed by atoms with Crippen molar-refractivity contribution in [1.82, 2.24) is 15.0 Å². The number of rotatable bonds is 5. The number of nitrogens with zero attached hydrogens (tertiary/aromatic N) is 4. The Kier molecular flexibility index (Phi) is 6.08. The molecule has 35 heavy (non-hydrogen) atoms. The van der Waals surface area contributed by atoms with E-state index in [1.807, 2.05) is 48.5 Å². The molecule has 0 atom stereocenters. The molecule has 180 valence electrons. The second-order valence-corrected chi connectivity index (χ2v) is 8.95. The number of hydrogen-bond acceptors (Lipinski definition) is 8. The molecule has 0 unspecified atom stereocenters. The molecule has 8 nitrogen and oxygen atoms in total. The van der Waals surface area contributed by atoms with Gasteiger partial charge in [0.1, 0.15) is 5.52 Å². The van der Waals surface area contributed by atoms with Gasteiger partial charge in [0.05, 0.1) is 31.0 Å². The number of methoxy groups -OCH3 is 2. The Morgan fingerprint density at radius 2 is 1.69 bits per heavy atom. The van der Waals surface area contributed by atoms with Crippen LogP contribution in [-0.2, 0) is 5.60 Å². The van der Waals surface area contributed by atoms with E-state index >= 15 is 0 Å². The molecule has 0 aliphatic carbocycles. The van der Waals surface area contributed by atoms with Crippen LogP contribution in [-0.4, -0.2) is 47.4 Å². The highest BCUT2D eigenvalue weighted by molar-refractivity contribution is 6.31. The van der Waals surface area contributed by atoms with Gasteiger partial charge in [-0.15, -0.1) is 0 Å². The van der Waals surface area contributed by atoms with Crippen molar-refractivity contribution in [1.29, 1.82) is 0 Å². The lowest BCUT2D eigenvalue weighted by molar-refractivity contribution is 0.0118. The van der Waals surface area contributed by atoms with Crippen molar-refractivity contribution in [3.63, 3.8) is 0 Å². The van der Waals surface area contributed by atoms with Crippen molar-refractivity contribution in [3.05, 3.63) is 65.2 Å². The summed E-state index contributed by atoms with van der Waals surface area (Å²) < 4.78 is 10.8. The number of benzene rings is 2. The van der Waals surface area contributed by atoms with Crippen molar-refractivity contribution in [2.75, 3.05) is 37.9 Å². The first-order valence-electron chi connectivity index (χ1n) is 11.3. The Bertz CT molecular complexity index is 1390. The number of aromatic nitrogens is 3. The van der Waals surface area contributed by atoms with E-state index in [1.165, 1.54) is 0 Å². The normalized spacial score (nSPS) is 15.3. The van der Waals surface area contributed by atoms with Gasteiger partial charge in [0, 0.05) is 29.2 Å². The average molecular weight is 492 g/mol. The lowest BCUT2D eigenvalue weighted by atomic mass is 9.84. The summed E-state index contributed by atoms with van der Waals surface area (Å²) in [6, 6.07) is 16.9. The van der Waals surface area contributed by atoms with E-state index in [1.54, 1.807) is 20.3 Å². The number of piperidine rings is 1. The quantitative estimate of drug-likeness (QED) is 0.422. The summed E-state index contributed by atoms with van der Waals surface area (Å²) in [5.74, 6) is 2.10. The molecule has 1 saturated heterocycles. The van der Waals surface area contributed by atoms with Gasteiger partial charge in [-0.2, -0.15) is 4.98 Å². The van der Waals surface area contributed by atoms with Crippen molar-refractivity contribution < 1.29 is 14.6 Å². The molecule has 9 heteroatoms. The predicted molar refractivity (Wildman–Crippen MR) is 137 cm³/mol. The summed E-state index contributed by atoms with van der Waals surface area (Å²) >= 11 is 6.38. The number of nitrogen functional groups attached to an aromatic ring is 1. The van der Waals surface area contributed by atoms with E-state index in [-0.39, 0.29) is 5.95 Å². The zero-order valence-corrected chi connectivity index (χ0v) is 20.3. The minimum absolute atomic E-state index is 0.181.